The van der Waals surface area contributed by atoms with Crippen LogP contribution in [0.15, 0.2) is 22.7 Å². The fourth-order valence-corrected chi connectivity index (χ4v) is 2.62. The first-order chi connectivity index (χ1) is 9.30. The normalized spacial score (nSPS) is 18.9. The third-order valence-corrected chi connectivity index (χ3v) is 4.19. The van der Waals surface area contributed by atoms with Crippen molar-refractivity contribution in [3.05, 3.63) is 28.2 Å². The first-order valence-corrected chi connectivity index (χ1v) is 7.28. The maximum atomic E-state index is 13.0. The molecule has 2 nitrogen and oxygen atoms in total. The Morgan fingerprint density at radius 3 is 2.55 bits per heavy atom. The Morgan fingerprint density at radius 1 is 1.30 bits per heavy atom. The van der Waals surface area contributed by atoms with Crippen LogP contribution < -0.4 is 5.32 Å². The van der Waals surface area contributed by atoms with Gasteiger partial charge < -0.3 is 10.1 Å². The molecule has 0 bridgehead atoms. The topological polar surface area (TPSA) is 21.3 Å². The number of nitrogens with one attached hydrogen (secondary N) is 1. The SMILES string of the molecule is CC1(CNc2ccc(Br)cc2C(F)(F)F)CCOCC1. The second-order valence-corrected chi connectivity index (χ2v) is 6.38. The smallest absolute Gasteiger partial charge is 0.384 e. The molecule has 1 aromatic carbocycles. The van der Waals surface area contributed by atoms with Gasteiger partial charge in [-0.2, -0.15) is 13.2 Å². The molecule has 1 fully saturated rings. The maximum Gasteiger partial charge on any atom is 0.418 e. The van der Waals surface area contributed by atoms with E-state index in [2.05, 4.69) is 28.2 Å². The first kappa shape index (κ1) is 15.6. The quantitative estimate of drug-likeness (QED) is 0.852. The minimum atomic E-state index is -4.36. The van der Waals surface area contributed by atoms with E-state index in [1.54, 1.807) is 6.07 Å². The van der Waals surface area contributed by atoms with Gasteiger partial charge in [-0.05, 0) is 36.5 Å². The zero-order valence-electron chi connectivity index (χ0n) is 11.2. The highest BCUT2D eigenvalue weighted by molar-refractivity contribution is 9.10. The van der Waals surface area contributed by atoms with Crippen LogP contribution in [-0.2, 0) is 10.9 Å². The molecular weight excluding hydrogens is 335 g/mol. The number of benzene rings is 1. The van der Waals surface area contributed by atoms with Crippen molar-refractivity contribution in [1.82, 2.24) is 0 Å². The van der Waals surface area contributed by atoms with Crippen molar-refractivity contribution < 1.29 is 17.9 Å². The number of alkyl halides is 3. The molecule has 0 aliphatic carbocycles. The van der Waals surface area contributed by atoms with Gasteiger partial charge in [0.05, 0.1) is 5.56 Å². The van der Waals surface area contributed by atoms with Gasteiger partial charge in [0.25, 0.3) is 0 Å². The molecule has 1 N–H and O–H groups in total. The van der Waals surface area contributed by atoms with Gasteiger partial charge >= 0.3 is 6.18 Å². The van der Waals surface area contributed by atoms with Gasteiger partial charge in [-0.1, -0.05) is 22.9 Å². The van der Waals surface area contributed by atoms with Gasteiger partial charge in [-0.3, -0.25) is 0 Å². The molecular formula is C14H17BrF3NO. The fraction of sp³-hybridized carbons (Fsp3) is 0.571. The van der Waals surface area contributed by atoms with Crippen LogP contribution in [0.2, 0.25) is 0 Å². The van der Waals surface area contributed by atoms with Gasteiger partial charge in [0.2, 0.25) is 0 Å². The number of halogens is 4. The van der Waals surface area contributed by atoms with Crippen LogP contribution >= 0.6 is 15.9 Å². The minimum Gasteiger partial charge on any atom is -0.384 e. The Bertz CT molecular complexity index is 470. The standard InChI is InChI=1S/C14H17BrF3NO/c1-13(4-6-20-7-5-13)9-19-12-3-2-10(15)8-11(12)14(16,17)18/h2-3,8,19H,4-7,9H2,1H3. The lowest BCUT2D eigenvalue weighted by Gasteiger charge is -2.34. The van der Waals surface area contributed by atoms with Crippen LogP contribution in [0.5, 0.6) is 0 Å². The predicted molar refractivity (Wildman–Crippen MR) is 75.8 cm³/mol. The van der Waals surface area contributed by atoms with E-state index in [-0.39, 0.29) is 11.1 Å². The molecule has 0 radical (unpaired) electrons. The average Bonchev–Trinajstić information content (AvgIpc) is 2.37. The molecule has 0 aromatic heterocycles. The molecule has 1 aliphatic heterocycles. The Hall–Kier alpha value is -0.750. The minimum absolute atomic E-state index is 0.0197. The molecule has 20 heavy (non-hydrogen) atoms. The molecule has 1 heterocycles. The van der Waals surface area contributed by atoms with Crippen LogP contribution in [-0.4, -0.2) is 19.8 Å². The van der Waals surface area contributed by atoms with E-state index in [0.29, 0.717) is 24.2 Å². The molecule has 0 unspecified atom stereocenters. The summed E-state index contributed by atoms with van der Waals surface area (Å²) in [5.41, 5.74) is -0.523. The highest BCUT2D eigenvalue weighted by Gasteiger charge is 2.34. The number of rotatable bonds is 3. The van der Waals surface area contributed by atoms with Crippen molar-refractivity contribution in [3.63, 3.8) is 0 Å². The second-order valence-electron chi connectivity index (χ2n) is 5.46. The first-order valence-electron chi connectivity index (χ1n) is 6.49. The molecule has 1 aromatic rings. The molecule has 0 amide bonds. The van der Waals surface area contributed by atoms with E-state index in [9.17, 15) is 13.2 Å². The summed E-state index contributed by atoms with van der Waals surface area (Å²) in [6, 6.07) is 4.19. The van der Waals surface area contributed by atoms with Gasteiger partial charge in [0.1, 0.15) is 0 Å². The summed E-state index contributed by atoms with van der Waals surface area (Å²) in [4.78, 5) is 0. The molecule has 0 atom stereocenters. The summed E-state index contributed by atoms with van der Waals surface area (Å²) in [6.45, 7) is 3.94. The fourth-order valence-electron chi connectivity index (χ4n) is 2.25. The Morgan fingerprint density at radius 2 is 1.95 bits per heavy atom. The number of anilines is 1. The lowest BCUT2D eigenvalue weighted by Crippen LogP contribution is -2.33. The van der Waals surface area contributed by atoms with Crippen molar-refractivity contribution >= 4 is 21.6 Å². The van der Waals surface area contributed by atoms with Gasteiger partial charge in [0.15, 0.2) is 0 Å². The second kappa shape index (κ2) is 5.93. The molecule has 0 saturated carbocycles. The zero-order chi connectivity index (χ0) is 14.8. The van der Waals surface area contributed by atoms with Crippen molar-refractivity contribution in [3.8, 4) is 0 Å². The van der Waals surface area contributed by atoms with Crippen molar-refractivity contribution in [2.24, 2.45) is 5.41 Å². The summed E-state index contributed by atoms with van der Waals surface area (Å²) in [5, 5.41) is 2.96. The Balaban J connectivity index is 2.13. The molecule has 0 spiro atoms. The molecule has 2 rings (SSSR count). The third-order valence-electron chi connectivity index (χ3n) is 3.69. The van der Waals surface area contributed by atoms with Crippen molar-refractivity contribution in [2.45, 2.75) is 25.9 Å². The predicted octanol–water partition coefficient (Wildman–Crippen LogP) is 4.70. The lowest BCUT2D eigenvalue weighted by molar-refractivity contribution is -0.137. The van der Waals surface area contributed by atoms with Crippen LogP contribution in [0.4, 0.5) is 18.9 Å². The largest absolute Gasteiger partial charge is 0.418 e. The number of ether oxygens (including phenoxy) is 1. The van der Waals surface area contributed by atoms with Crippen molar-refractivity contribution in [1.29, 1.82) is 0 Å². The van der Waals surface area contributed by atoms with E-state index in [1.165, 1.54) is 6.07 Å². The maximum absolute atomic E-state index is 13.0. The number of hydrogen-bond donors (Lipinski definition) is 1. The van der Waals surface area contributed by atoms with Gasteiger partial charge in [-0.25, -0.2) is 0 Å². The van der Waals surface area contributed by atoms with E-state index in [0.717, 1.165) is 18.9 Å². The average molecular weight is 352 g/mol. The number of hydrogen-bond acceptors (Lipinski definition) is 2. The Labute approximate surface area is 124 Å². The van der Waals surface area contributed by atoms with E-state index in [4.69, 9.17) is 4.74 Å². The van der Waals surface area contributed by atoms with E-state index >= 15 is 0 Å². The van der Waals surface area contributed by atoms with Crippen LogP contribution in [0.25, 0.3) is 0 Å². The van der Waals surface area contributed by atoms with E-state index < -0.39 is 11.7 Å². The highest BCUT2D eigenvalue weighted by Crippen LogP contribution is 2.38. The lowest BCUT2D eigenvalue weighted by atomic mass is 9.82. The highest BCUT2D eigenvalue weighted by atomic mass is 79.9. The van der Waals surface area contributed by atoms with E-state index in [1.807, 2.05) is 0 Å². The third kappa shape index (κ3) is 3.88. The van der Waals surface area contributed by atoms with Gasteiger partial charge in [-0.15, -0.1) is 0 Å². The summed E-state index contributed by atoms with van der Waals surface area (Å²) in [7, 11) is 0. The van der Waals surface area contributed by atoms with Gasteiger partial charge in [0, 0.05) is 29.9 Å². The molecule has 112 valence electrons. The van der Waals surface area contributed by atoms with Crippen LogP contribution in [0, 0.1) is 5.41 Å². The van der Waals surface area contributed by atoms with Crippen molar-refractivity contribution in [2.75, 3.05) is 25.1 Å². The molecule has 1 saturated heterocycles. The summed E-state index contributed by atoms with van der Waals surface area (Å²) in [6.07, 6.45) is -2.64. The molecule has 6 heteroatoms. The zero-order valence-corrected chi connectivity index (χ0v) is 12.8. The van der Waals surface area contributed by atoms with Crippen LogP contribution in [0.3, 0.4) is 0 Å². The molecule has 1 aliphatic rings. The summed E-state index contributed by atoms with van der Waals surface area (Å²) in [5.74, 6) is 0. The van der Waals surface area contributed by atoms with Crippen LogP contribution in [0.1, 0.15) is 25.3 Å². The Kier molecular flexibility index (Phi) is 4.64. The summed E-state index contributed by atoms with van der Waals surface area (Å²) >= 11 is 3.08. The monoisotopic (exact) mass is 351 g/mol. The summed E-state index contributed by atoms with van der Waals surface area (Å²) < 4.78 is 44.7.